The summed E-state index contributed by atoms with van der Waals surface area (Å²) in [5, 5.41) is 19.0. The fourth-order valence-corrected chi connectivity index (χ4v) is 6.31. The molecule has 100 valence electrons. The molecule has 5 nitrogen and oxygen atoms in total. The first-order valence-electron chi connectivity index (χ1n) is 5.78. The van der Waals surface area contributed by atoms with E-state index in [9.17, 15) is 10.5 Å². The second kappa shape index (κ2) is 7.05. The van der Waals surface area contributed by atoms with Crippen LogP contribution in [-0.4, -0.2) is 27.1 Å². The zero-order valence-electron chi connectivity index (χ0n) is 11.6. The number of hydrogen-bond donors (Lipinski definition) is 1. The lowest BCUT2D eigenvalue weighted by Gasteiger charge is -2.31. The average Bonchev–Trinajstić information content (AvgIpc) is 2.32. The van der Waals surface area contributed by atoms with E-state index in [1.807, 2.05) is 27.7 Å². The van der Waals surface area contributed by atoms with Gasteiger partial charge in [-0.3, -0.25) is 0 Å². The Balaban J connectivity index is 5.87. The van der Waals surface area contributed by atoms with E-state index in [0.29, 0.717) is 0 Å². The highest BCUT2D eigenvalue weighted by Crippen LogP contribution is 2.40. The highest BCUT2D eigenvalue weighted by Gasteiger charge is 2.58. The van der Waals surface area contributed by atoms with Gasteiger partial charge in [-0.25, -0.2) is 0 Å². The van der Waals surface area contributed by atoms with E-state index in [0.717, 1.165) is 0 Å². The van der Waals surface area contributed by atoms with Crippen LogP contribution in [0.2, 0.25) is 11.1 Å². The molecule has 0 aliphatic carbocycles. The van der Waals surface area contributed by atoms with Crippen molar-refractivity contribution in [3.05, 3.63) is 16.2 Å². The second-order valence-corrected chi connectivity index (χ2v) is 9.21. The summed E-state index contributed by atoms with van der Waals surface area (Å²) in [6.45, 7) is 7.93. The normalized spacial score (nSPS) is 12.9. The molecule has 0 saturated carbocycles. The quantitative estimate of drug-likeness (QED) is 0.348. The molecule has 0 heterocycles. The number of ether oxygens (including phenoxy) is 1. The Morgan fingerprint density at radius 2 is 1.89 bits per heavy atom. The lowest BCUT2D eigenvalue weighted by molar-refractivity contribution is 0.133. The number of terminal acetylenes is 1. The number of nitrogens with zero attached hydrogens (tertiary/aromatic N) is 2. The summed E-state index contributed by atoms with van der Waals surface area (Å²) in [6.07, 6.45) is 5.23. The molecule has 6 heteroatoms. The zero-order chi connectivity index (χ0) is 14.3. The number of aliphatic hydroxyl groups excluding tert-OH is 1. The van der Waals surface area contributed by atoms with Crippen LogP contribution >= 0.6 is 0 Å². The number of diazo groups is 1. The average molecular weight is 269 g/mol. The van der Waals surface area contributed by atoms with Gasteiger partial charge in [0.1, 0.15) is 0 Å². The van der Waals surface area contributed by atoms with Crippen LogP contribution in [0.3, 0.4) is 0 Å². The van der Waals surface area contributed by atoms with E-state index in [1.54, 1.807) is 0 Å². The molecule has 0 bridgehead atoms. The smallest absolute Gasteiger partial charge is 0.435 e. The number of hydrogen-bond acceptors (Lipinski definition) is 4. The summed E-state index contributed by atoms with van der Waals surface area (Å²) in [5.41, 5.74) is 0.128. The Bertz CT molecular complexity index is 383. The van der Waals surface area contributed by atoms with Crippen molar-refractivity contribution in [1.82, 2.24) is 0 Å². The molecule has 18 heavy (non-hydrogen) atoms. The van der Waals surface area contributed by atoms with E-state index in [1.165, 1.54) is 7.11 Å². The number of methoxy groups -OCH3 is 1. The Morgan fingerprint density at radius 3 is 2.17 bits per heavy atom. The Hall–Kier alpha value is -1.50. The maximum absolute atomic E-state index is 9.76. The summed E-state index contributed by atoms with van der Waals surface area (Å²) in [7, 11) is -1.43. The SMILES string of the molecule is C#CCO[Si](C([N+]#N)=C(O)OC)(C(C)C)C(C)C. The third-order valence-corrected chi connectivity index (χ3v) is 8.08. The van der Waals surface area contributed by atoms with E-state index < -0.39 is 14.3 Å². The third kappa shape index (κ3) is 3.04. The molecule has 0 aromatic rings. The monoisotopic (exact) mass is 269 g/mol. The molecule has 0 atom stereocenters. The van der Waals surface area contributed by atoms with Gasteiger partial charge in [-0.2, -0.15) is 0 Å². The number of rotatable bonds is 6. The highest BCUT2D eigenvalue weighted by atomic mass is 28.4. The van der Waals surface area contributed by atoms with Crippen LogP contribution in [0.5, 0.6) is 0 Å². The third-order valence-electron chi connectivity index (χ3n) is 2.98. The van der Waals surface area contributed by atoms with Gasteiger partial charge in [0.05, 0.1) is 13.7 Å². The minimum atomic E-state index is -2.74. The van der Waals surface area contributed by atoms with Gasteiger partial charge in [-0.05, 0) is 11.1 Å². The highest BCUT2D eigenvalue weighted by molar-refractivity contribution is 6.83. The standard InChI is InChI=1S/C12H20N2O3Si/c1-7-8-17-18(9(2)3,10(4)5)11(14-13)12(15)16-6/h1,9-10H,8H2,2-6H3/p+1. The van der Waals surface area contributed by atoms with Crippen molar-refractivity contribution in [3.63, 3.8) is 0 Å². The predicted octanol–water partition coefficient (Wildman–Crippen LogP) is 3.17. The van der Waals surface area contributed by atoms with Gasteiger partial charge in [0, 0.05) is 0 Å². The molecule has 0 aliphatic heterocycles. The fourth-order valence-electron chi connectivity index (χ4n) is 2.16. The van der Waals surface area contributed by atoms with E-state index in [2.05, 4.69) is 10.9 Å². The van der Waals surface area contributed by atoms with Crippen molar-refractivity contribution >= 4 is 8.32 Å². The van der Waals surface area contributed by atoms with Crippen LogP contribution in [0.15, 0.2) is 11.3 Å². The van der Waals surface area contributed by atoms with Crippen molar-refractivity contribution in [1.29, 1.82) is 5.39 Å². The molecule has 0 fully saturated rings. The summed E-state index contributed by atoms with van der Waals surface area (Å²) in [4.78, 5) is 3.20. The van der Waals surface area contributed by atoms with Gasteiger partial charge in [-0.15, -0.1) is 6.42 Å². The molecule has 0 unspecified atom stereocenters. The Kier molecular flexibility index (Phi) is 6.46. The van der Waals surface area contributed by atoms with Crippen molar-refractivity contribution < 1.29 is 14.3 Å². The predicted molar refractivity (Wildman–Crippen MR) is 72.5 cm³/mol. The first-order chi connectivity index (χ1) is 8.38. The van der Waals surface area contributed by atoms with E-state index >= 15 is 0 Å². The van der Waals surface area contributed by atoms with Crippen LogP contribution in [0.1, 0.15) is 27.7 Å². The summed E-state index contributed by atoms with van der Waals surface area (Å²) >= 11 is 0. The first-order valence-corrected chi connectivity index (χ1v) is 7.84. The summed E-state index contributed by atoms with van der Waals surface area (Å²) in [5.74, 6) is 2.00. The maximum atomic E-state index is 9.76. The van der Waals surface area contributed by atoms with Gasteiger partial charge in [-0.1, -0.05) is 33.6 Å². The lowest BCUT2D eigenvalue weighted by Crippen LogP contribution is -2.47. The molecule has 1 N–H and O–H groups in total. The summed E-state index contributed by atoms with van der Waals surface area (Å²) < 4.78 is 10.6. The molecule has 0 rings (SSSR count). The lowest BCUT2D eigenvalue weighted by atomic mass is 10.5. The topological polar surface area (TPSA) is 66.8 Å². The molecule has 0 amide bonds. The first kappa shape index (κ1) is 16.5. The van der Waals surface area contributed by atoms with Crippen LogP contribution in [0, 0.1) is 17.7 Å². The summed E-state index contributed by atoms with van der Waals surface area (Å²) in [6, 6.07) is 0. The van der Waals surface area contributed by atoms with Crippen molar-refractivity contribution in [3.8, 4) is 12.3 Å². The molecule has 0 aromatic heterocycles. The minimum absolute atomic E-state index is 0.0639. The van der Waals surface area contributed by atoms with Crippen molar-refractivity contribution in [2.45, 2.75) is 38.8 Å². The van der Waals surface area contributed by atoms with Gasteiger partial charge in [0.15, 0.2) is 4.98 Å². The molecule has 0 radical (unpaired) electrons. The van der Waals surface area contributed by atoms with Gasteiger partial charge in [0.25, 0.3) is 0 Å². The van der Waals surface area contributed by atoms with E-state index in [4.69, 9.17) is 15.6 Å². The van der Waals surface area contributed by atoms with E-state index in [-0.39, 0.29) is 23.0 Å². The minimum Gasteiger partial charge on any atom is -0.476 e. The Labute approximate surface area is 110 Å². The molecular weight excluding hydrogens is 248 g/mol. The molecule has 0 aliphatic rings. The number of aliphatic hydroxyl groups is 1. The van der Waals surface area contributed by atoms with Crippen LogP contribution in [-0.2, 0) is 9.16 Å². The zero-order valence-corrected chi connectivity index (χ0v) is 12.6. The largest absolute Gasteiger partial charge is 0.476 e. The second-order valence-electron chi connectivity index (χ2n) is 4.55. The molecule has 0 aromatic carbocycles. The molecule has 0 spiro atoms. The van der Waals surface area contributed by atoms with Gasteiger partial charge in [0.2, 0.25) is 5.39 Å². The fraction of sp³-hybridized carbons (Fsp3) is 0.667. The van der Waals surface area contributed by atoms with Gasteiger partial charge < -0.3 is 14.3 Å². The molecule has 0 saturated heterocycles. The van der Waals surface area contributed by atoms with Crippen LogP contribution in [0.4, 0.5) is 0 Å². The van der Waals surface area contributed by atoms with Crippen molar-refractivity contribution in [2.24, 2.45) is 0 Å². The van der Waals surface area contributed by atoms with Crippen LogP contribution in [0.25, 0.3) is 4.98 Å². The maximum Gasteiger partial charge on any atom is 0.435 e. The van der Waals surface area contributed by atoms with Crippen LogP contribution < -0.4 is 0 Å². The Morgan fingerprint density at radius 1 is 1.39 bits per heavy atom. The van der Waals surface area contributed by atoms with Gasteiger partial charge >= 0.3 is 19.6 Å². The van der Waals surface area contributed by atoms with Crippen molar-refractivity contribution in [2.75, 3.05) is 13.7 Å². The molecular formula is C12H21N2O3Si+.